The number of amides is 2. The SMILES string of the molecule is COc1ccccc1NC(=O)C(C)NC(=O)OC(C)(C)C. The van der Waals surface area contributed by atoms with Gasteiger partial charge in [0.1, 0.15) is 17.4 Å². The average Bonchev–Trinajstić information content (AvgIpc) is 2.36. The Morgan fingerprint density at radius 3 is 2.38 bits per heavy atom. The smallest absolute Gasteiger partial charge is 0.408 e. The van der Waals surface area contributed by atoms with Gasteiger partial charge in [-0.3, -0.25) is 4.79 Å². The quantitative estimate of drug-likeness (QED) is 0.894. The number of carbonyl (C=O) groups excluding carboxylic acids is 2. The zero-order valence-corrected chi connectivity index (χ0v) is 13.0. The summed E-state index contributed by atoms with van der Waals surface area (Å²) in [5, 5.41) is 5.18. The third kappa shape index (κ3) is 5.72. The first-order valence-corrected chi connectivity index (χ1v) is 6.66. The molecule has 1 aromatic rings. The van der Waals surface area contributed by atoms with E-state index in [1.54, 1.807) is 52.0 Å². The zero-order valence-electron chi connectivity index (χ0n) is 13.0. The third-order valence-electron chi connectivity index (χ3n) is 2.49. The van der Waals surface area contributed by atoms with Crippen LogP contribution in [0.1, 0.15) is 27.7 Å². The van der Waals surface area contributed by atoms with Crippen molar-refractivity contribution in [2.75, 3.05) is 12.4 Å². The molecule has 1 unspecified atom stereocenters. The number of methoxy groups -OCH3 is 1. The van der Waals surface area contributed by atoms with Crippen LogP contribution in [0.2, 0.25) is 0 Å². The summed E-state index contributed by atoms with van der Waals surface area (Å²) in [6.45, 7) is 6.85. The summed E-state index contributed by atoms with van der Waals surface area (Å²) in [6, 6.07) is 6.31. The lowest BCUT2D eigenvalue weighted by Crippen LogP contribution is -2.44. The second-order valence-corrected chi connectivity index (χ2v) is 5.56. The van der Waals surface area contributed by atoms with Gasteiger partial charge >= 0.3 is 6.09 Å². The predicted molar refractivity (Wildman–Crippen MR) is 80.5 cm³/mol. The first kappa shape index (κ1) is 16.8. The number of nitrogens with one attached hydrogen (secondary N) is 2. The lowest BCUT2D eigenvalue weighted by Gasteiger charge is -2.21. The highest BCUT2D eigenvalue weighted by Gasteiger charge is 2.21. The van der Waals surface area contributed by atoms with E-state index in [-0.39, 0.29) is 5.91 Å². The van der Waals surface area contributed by atoms with Crippen LogP contribution >= 0.6 is 0 Å². The minimum atomic E-state index is -0.732. The minimum absolute atomic E-state index is 0.356. The van der Waals surface area contributed by atoms with Crippen LogP contribution < -0.4 is 15.4 Å². The molecule has 0 radical (unpaired) electrons. The van der Waals surface area contributed by atoms with Gasteiger partial charge < -0.3 is 20.1 Å². The van der Waals surface area contributed by atoms with Crippen LogP contribution in [0.15, 0.2) is 24.3 Å². The Kier molecular flexibility index (Phi) is 5.58. The van der Waals surface area contributed by atoms with E-state index in [1.165, 1.54) is 7.11 Å². The molecule has 0 heterocycles. The Morgan fingerprint density at radius 1 is 1.19 bits per heavy atom. The summed E-state index contributed by atoms with van der Waals surface area (Å²) in [5.74, 6) is 0.195. The summed E-state index contributed by atoms with van der Waals surface area (Å²) >= 11 is 0. The van der Waals surface area contributed by atoms with Gasteiger partial charge in [0.25, 0.3) is 0 Å². The number of benzene rings is 1. The lowest BCUT2D eigenvalue weighted by atomic mass is 10.2. The number of ether oxygens (including phenoxy) is 2. The molecule has 0 aromatic heterocycles. The van der Waals surface area contributed by atoms with E-state index in [0.29, 0.717) is 11.4 Å². The van der Waals surface area contributed by atoms with E-state index in [0.717, 1.165) is 0 Å². The van der Waals surface area contributed by atoms with Crippen molar-refractivity contribution in [3.8, 4) is 5.75 Å². The topological polar surface area (TPSA) is 76.7 Å². The summed E-state index contributed by atoms with van der Waals surface area (Å²) in [7, 11) is 1.52. The first-order valence-electron chi connectivity index (χ1n) is 6.66. The molecule has 0 saturated heterocycles. The average molecular weight is 294 g/mol. The molecule has 6 nitrogen and oxygen atoms in total. The minimum Gasteiger partial charge on any atom is -0.495 e. The monoisotopic (exact) mass is 294 g/mol. The summed E-state index contributed by atoms with van der Waals surface area (Å²) in [4.78, 5) is 23.7. The van der Waals surface area contributed by atoms with Crippen molar-refractivity contribution in [1.29, 1.82) is 0 Å². The van der Waals surface area contributed by atoms with E-state index in [9.17, 15) is 9.59 Å². The van der Waals surface area contributed by atoms with Gasteiger partial charge in [0.05, 0.1) is 12.8 Å². The maximum Gasteiger partial charge on any atom is 0.408 e. The van der Waals surface area contributed by atoms with Gasteiger partial charge in [0.15, 0.2) is 0 Å². The highest BCUT2D eigenvalue weighted by Crippen LogP contribution is 2.23. The standard InChI is InChI=1S/C15H22N2O4/c1-10(16-14(19)21-15(2,3)4)13(18)17-11-8-6-7-9-12(11)20-5/h6-10H,1-5H3,(H,16,19)(H,17,18). The maximum atomic E-state index is 12.0. The number of rotatable bonds is 4. The molecule has 1 atom stereocenters. The van der Waals surface area contributed by atoms with Crippen LogP contribution in [0.5, 0.6) is 5.75 Å². The van der Waals surface area contributed by atoms with Crippen LogP contribution in [-0.4, -0.2) is 30.8 Å². The third-order valence-corrected chi connectivity index (χ3v) is 2.49. The fourth-order valence-electron chi connectivity index (χ4n) is 1.54. The molecule has 0 fully saturated rings. The van der Waals surface area contributed by atoms with E-state index >= 15 is 0 Å². The van der Waals surface area contributed by atoms with Gasteiger partial charge in [-0.15, -0.1) is 0 Å². The van der Waals surface area contributed by atoms with Gasteiger partial charge in [-0.1, -0.05) is 12.1 Å². The van der Waals surface area contributed by atoms with E-state index in [1.807, 2.05) is 0 Å². The Morgan fingerprint density at radius 2 is 1.81 bits per heavy atom. The van der Waals surface area contributed by atoms with Gasteiger partial charge in [0.2, 0.25) is 5.91 Å². The maximum absolute atomic E-state index is 12.0. The predicted octanol–water partition coefficient (Wildman–Crippen LogP) is 2.55. The van der Waals surface area contributed by atoms with Crippen molar-refractivity contribution in [1.82, 2.24) is 5.32 Å². The van der Waals surface area contributed by atoms with Gasteiger partial charge in [-0.2, -0.15) is 0 Å². The summed E-state index contributed by atoms with van der Waals surface area (Å²) in [5.41, 5.74) is -0.0639. The van der Waals surface area contributed by atoms with Crippen LogP contribution in [0.25, 0.3) is 0 Å². The molecule has 1 aromatic carbocycles. The molecule has 6 heteroatoms. The first-order chi connectivity index (χ1) is 9.73. The Balaban J connectivity index is 2.61. The molecular formula is C15H22N2O4. The molecule has 116 valence electrons. The fraction of sp³-hybridized carbons (Fsp3) is 0.467. The molecule has 0 bridgehead atoms. The number of carbonyl (C=O) groups is 2. The second kappa shape index (κ2) is 6.97. The van der Waals surface area contributed by atoms with Gasteiger partial charge in [-0.05, 0) is 39.8 Å². The molecular weight excluding hydrogens is 272 g/mol. The van der Waals surface area contributed by atoms with Gasteiger partial charge in [0, 0.05) is 0 Å². The number of hydrogen-bond acceptors (Lipinski definition) is 4. The van der Waals surface area contributed by atoms with Crippen molar-refractivity contribution in [3.63, 3.8) is 0 Å². The van der Waals surface area contributed by atoms with Crippen LogP contribution in [0.4, 0.5) is 10.5 Å². The van der Waals surface area contributed by atoms with E-state index in [4.69, 9.17) is 9.47 Å². The molecule has 0 aliphatic rings. The Labute approximate surface area is 124 Å². The highest BCUT2D eigenvalue weighted by molar-refractivity contribution is 5.97. The van der Waals surface area contributed by atoms with Crippen molar-refractivity contribution in [2.45, 2.75) is 39.3 Å². The van der Waals surface area contributed by atoms with Crippen LogP contribution in [0.3, 0.4) is 0 Å². The van der Waals surface area contributed by atoms with Crippen molar-refractivity contribution < 1.29 is 19.1 Å². The van der Waals surface area contributed by atoms with Crippen LogP contribution in [-0.2, 0) is 9.53 Å². The Hall–Kier alpha value is -2.24. The highest BCUT2D eigenvalue weighted by atomic mass is 16.6. The second-order valence-electron chi connectivity index (χ2n) is 5.56. The molecule has 0 aliphatic heterocycles. The summed E-state index contributed by atoms with van der Waals surface area (Å²) in [6.07, 6.45) is -0.634. The fourth-order valence-corrected chi connectivity index (χ4v) is 1.54. The van der Waals surface area contributed by atoms with E-state index < -0.39 is 17.7 Å². The van der Waals surface area contributed by atoms with Gasteiger partial charge in [-0.25, -0.2) is 4.79 Å². The molecule has 21 heavy (non-hydrogen) atoms. The van der Waals surface area contributed by atoms with Crippen molar-refractivity contribution in [2.24, 2.45) is 0 Å². The largest absolute Gasteiger partial charge is 0.495 e. The lowest BCUT2D eigenvalue weighted by molar-refractivity contribution is -0.117. The van der Waals surface area contributed by atoms with E-state index in [2.05, 4.69) is 10.6 Å². The zero-order chi connectivity index (χ0) is 16.0. The van der Waals surface area contributed by atoms with Crippen molar-refractivity contribution >= 4 is 17.7 Å². The normalized spacial score (nSPS) is 12.2. The molecule has 2 amide bonds. The molecule has 0 saturated carbocycles. The number of alkyl carbamates (subject to hydrolysis) is 1. The van der Waals surface area contributed by atoms with Crippen molar-refractivity contribution in [3.05, 3.63) is 24.3 Å². The number of para-hydroxylation sites is 2. The van der Waals surface area contributed by atoms with Crippen LogP contribution in [0, 0.1) is 0 Å². The molecule has 1 rings (SSSR count). The summed E-state index contributed by atoms with van der Waals surface area (Å²) < 4.78 is 10.2. The number of anilines is 1. The molecule has 2 N–H and O–H groups in total. The Bertz CT molecular complexity index is 509. The molecule has 0 aliphatic carbocycles. The number of hydrogen-bond donors (Lipinski definition) is 2. The molecule has 0 spiro atoms.